The van der Waals surface area contributed by atoms with Crippen molar-refractivity contribution in [3.8, 4) is 0 Å². The van der Waals surface area contributed by atoms with Crippen molar-refractivity contribution >= 4 is 11.3 Å². The summed E-state index contributed by atoms with van der Waals surface area (Å²) in [6.07, 6.45) is 0.913. The second kappa shape index (κ2) is 3.61. The number of aliphatic hydroxyl groups is 1. The number of thiazole rings is 1. The van der Waals surface area contributed by atoms with Crippen molar-refractivity contribution in [1.82, 2.24) is 10.3 Å². The Hall–Kier alpha value is -0.450. The zero-order chi connectivity index (χ0) is 10.2. The third-order valence-corrected chi connectivity index (χ3v) is 4.01. The van der Waals surface area contributed by atoms with Crippen LogP contribution in [0.15, 0.2) is 0 Å². The second-order valence-electron chi connectivity index (χ2n) is 4.19. The van der Waals surface area contributed by atoms with E-state index in [1.807, 2.05) is 6.92 Å². The summed E-state index contributed by atoms with van der Waals surface area (Å²) < 4.78 is 0. The lowest BCUT2D eigenvalue weighted by molar-refractivity contribution is 0.0687. The molecule has 1 aliphatic heterocycles. The SMILES string of the molecule is Cc1nc(CC2(CO)CNC2)sc1C. The highest BCUT2D eigenvalue weighted by molar-refractivity contribution is 7.11. The molecular weight excluding hydrogens is 196 g/mol. The number of aliphatic hydroxyl groups excluding tert-OH is 1. The van der Waals surface area contributed by atoms with Gasteiger partial charge in [0, 0.05) is 29.8 Å². The van der Waals surface area contributed by atoms with E-state index < -0.39 is 0 Å². The van der Waals surface area contributed by atoms with Gasteiger partial charge in [0.05, 0.1) is 17.3 Å². The average Bonchev–Trinajstić information content (AvgIpc) is 2.39. The van der Waals surface area contributed by atoms with Gasteiger partial charge in [0.15, 0.2) is 0 Å². The predicted octanol–water partition coefficient (Wildman–Crippen LogP) is 0.884. The van der Waals surface area contributed by atoms with Crippen LogP contribution in [0.4, 0.5) is 0 Å². The molecule has 0 atom stereocenters. The minimum atomic E-state index is 0.0662. The van der Waals surface area contributed by atoms with E-state index in [-0.39, 0.29) is 12.0 Å². The Morgan fingerprint density at radius 2 is 2.21 bits per heavy atom. The van der Waals surface area contributed by atoms with Crippen LogP contribution in [0.25, 0.3) is 0 Å². The highest BCUT2D eigenvalue weighted by Crippen LogP contribution is 2.29. The number of rotatable bonds is 3. The van der Waals surface area contributed by atoms with Crippen LogP contribution in [0.2, 0.25) is 0 Å². The molecule has 2 rings (SSSR count). The normalized spacial score (nSPS) is 19.4. The Labute approximate surface area is 88.2 Å². The molecule has 78 valence electrons. The first kappa shape index (κ1) is 10.1. The molecule has 0 aromatic carbocycles. The van der Waals surface area contributed by atoms with Crippen molar-refractivity contribution in [2.24, 2.45) is 5.41 Å². The number of aromatic nitrogens is 1. The number of hydrogen-bond donors (Lipinski definition) is 2. The third kappa shape index (κ3) is 1.69. The first-order valence-corrected chi connectivity index (χ1v) is 5.71. The van der Waals surface area contributed by atoms with Crippen LogP contribution in [0.3, 0.4) is 0 Å². The summed E-state index contributed by atoms with van der Waals surface area (Å²) >= 11 is 1.76. The molecule has 1 saturated heterocycles. The summed E-state index contributed by atoms with van der Waals surface area (Å²) in [5, 5.41) is 13.7. The van der Waals surface area contributed by atoms with Gasteiger partial charge in [-0.2, -0.15) is 0 Å². The van der Waals surface area contributed by atoms with Gasteiger partial charge in [0.25, 0.3) is 0 Å². The smallest absolute Gasteiger partial charge is 0.0938 e. The van der Waals surface area contributed by atoms with E-state index in [1.165, 1.54) is 4.88 Å². The number of nitrogens with one attached hydrogen (secondary N) is 1. The van der Waals surface area contributed by atoms with Crippen LogP contribution in [-0.4, -0.2) is 29.8 Å². The molecule has 0 saturated carbocycles. The van der Waals surface area contributed by atoms with Crippen molar-refractivity contribution in [1.29, 1.82) is 0 Å². The van der Waals surface area contributed by atoms with Crippen LogP contribution < -0.4 is 5.32 Å². The number of aryl methyl sites for hydroxylation is 2. The molecular formula is C10H16N2OS. The molecule has 3 nitrogen and oxygen atoms in total. The van der Waals surface area contributed by atoms with E-state index in [0.717, 1.165) is 30.2 Å². The van der Waals surface area contributed by atoms with Crippen molar-refractivity contribution in [3.63, 3.8) is 0 Å². The van der Waals surface area contributed by atoms with Gasteiger partial charge < -0.3 is 10.4 Å². The third-order valence-electron chi connectivity index (χ3n) is 2.93. The molecule has 1 aliphatic rings. The minimum Gasteiger partial charge on any atom is -0.396 e. The molecule has 2 heterocycles. The Morgan fingerprint density at radius 3 is 2.57 bits per heavy atom. The van der Waals surface area contributed by atoms with Gasteiger partial charge >= 0.3 is 0 Å². The van der Waals surface area contributed by atoms with Crippen LogP contribution in [-0.2, 0) is 6.42 Å². The highest BCUT2D eigenvalue weighted by atomic mass is 32.1. The fourth-order valence-corrected chi connectivity index (χ4v) is 2.81. The lowest BCUT2D eigenvalue weighted by Gasteiger charge is -2.40. The standard InChI is InChI=1S/C10H16N2OS/c1-7-8(2)14-9(12-7)3-10(6-13)4-11-5-10/h11,13H,3-6H2,1-2H3. The summed E-state index contributed by atoms with van der Waals surface area (Å²) in [6, 6.07) is 0. The molecule has 0 amide bonds. The van der Waals surface area contributed by atoms with Crippen LogP contribution >= 0.6 is 11.3 Å². The molecule has 0 spiro atoms. The van der Waals surface area contributed by atoms with E-state index in [1.54, 1.807) is 11.3 Å². The fourth-order valence-electron chi connectivity index (χ4n) is 1.71. The molecule has 1 fully saturated rings. The van der Waals surface area contributed by atoms with Crippen molar-refractivity contribution in [2.45, 2.75) is 20.3 Å². The van der Waals surface area contributed by atoms with E-state index in [2.05, 4.69) is 17.2 Å². The molecule has 4 heteroatoms. The Morgan fingerprint density at radius 1 is 1.50 bits per heavy atom. The zero-order valence-electron chi connectivity index (χ0n) is 8.63. The van der Waals surface area contributed by atoms with E-state index in [4.69, 9.17) is 0 Å². The molecule has 0 unspecified atom stereocenters. The van der Waals surface area contributed by atoms with Gasteiger partial charge in [-0.1, -0.05) is 0 Å². The Balaban J connectivity index is 2.09. The van der Waals surface area contributed by atoms with E-state index >= 15 is 0 Å². The van der Waals surface area contributed by atoms with Crippen LogP contribution in [0.5, 0.6) is 0 Å². The summed E-state index contributed by atoms with van der Waals surface area (Å²) in [6.45, 7) is 6.24. The first-order valence-electron chi connectivity index (χ1n) is 4.90. The Bertz CT molecular complexity index is 306. The lowest BCUT2D eigenvalue weighted by Crippen LogP contribution is -2.56. The monoisotopic (exact) mass is 212 g/mol. The summed E-state index contributed by atoms with van der Waals surface area (Å²) in [5.74, 6) is 0. The highest BCUT2D eigenvalue weighted by Gasteiger charge is 2.37. The maximum Gasteiger partial charge on any atom is 0.0938 e. The Kier molecular flexibility index (Phi) is 2.60. The van der Waals surface area contributed by atoms with Crippen LogP contribution in [0, 0.1) is 19.3 Å². The van der Waals surface area contributed by atoms with E-state index in [0.29, 0.717) is 0 Å². The predicted molar refractivity (Wildman–Crippen MR) is 57.7 cm³/mol. The van der Waals surface area contributed by atoms with E-state index in [9.17, 15) is 5.11 Å². The summed E-state index contributed by atoms with van der Waals surface area (Å²) in [4.78, 5) is 5.80. The molecule has 0 aliphatic carbocycles. The minimum absolute atomic E-state index is 0.0662. The van der Waals surface area contributed by atoms with Gasteiger partial charge in [-0.25, -0.2) is 4.98 Å². The largest absolute Gasteiger partial charge is 0.396 e. The first-order chi connectivity index (χ1) is 6.65. The maximum absolute atomic E-state index is 9.31. The maximum atomic E-state index is 9.31. The number of hydrogen-bond acceptors (Lipinski definition) is 4. The average molecular weight is 212 g/mol. The zero-order valence-corrected chi connectivity index (χ0v) is 9.45. The van der Waals surface area contributed by atoms with Crippen molar-refractivity contribution < 1.29 is 5.11 Å². The van der Waals surface area contributed by atoms with Crippen LogP contribution in [0.1, 0.15) is 15.6 Å². The topological polar surface area (TPSA) is 45.2 Å². The van der Waals surface area contributed by atoms with Crippen molar-refractivity contribution in [2.75, 3.05) is 19.7 Å². The fraction of sp³-hybridized carbons (Fsp3) is 0.700. The van der Waals surface area contributed by atoms with Gasteiger partial charge in [-0.05, 0) is 13.8 Å². The molecule has 0 radical (unpaired) electrons. The molecule has 2 N–H and O–H groups in total. The van der Waals surface area contributed by atoms with Gasteiger partial charge in [0.1, 0.15) is 0 Å². The van der Waals surface area contributed by atoms with Gasteiger partial charge in [-0.15, -0.1) is 11.3 Å². The molecule has 1 aromatic rings. The summed E-state index contributed by atoms with van der Waals surface area (Å²) in [7, 11) is 0. The van der Waals surface area contributed by atoms with Crippen molar-refractivity contribution in [3.05, 3.63) is 15.6 Å². The lowest BCUT2D eigenvalue weighted by atomic mass is 9.80. The molecule has 1 aromatic heterocycles. The molecule has 0 bridgehead atoms. The van der Waals surface area contributed by atoms with Gasteiger partial charge in [0.2, 0.25) is 0 Å². The second-order valence-corrected chi connectivity index (χ2v) is 5.48. The van der Waals surface area contributed by atoms with Gasteiger partial charge in [-0.3, -0.25) is 0 Å². The quantitative estimate of drug-likeness (QED) is 0.782. The number of nitrogens with zero attached hydrogens (tertiary/aromatic N) is 1. The molecule has 14 heavy (non-hydrogen) atoms. The summed E-state index contributed by atoms with van der Waals surface area (Å²) in [5.41, 5.74) is 1.20.